The Morgan fingerprint density at radius 3 is 2.81 bits per heavy atom. The van der Waals surface area contributed by atoms with Crippen LogP contribution in [0.1, 0.15) is 39.0 Å². The first kappa shape index (κ1) is 15.8. The molecule has 0 radical (unpaired) electrons. The van der Waals surface area contributed by atoms with Crippen molar-refractivity contribution < 1.29 is 9.18 Å². The van der Waals surface area contributed by atoms with Gasteiger partial charge in [-0.05, 0) is 37.6 Å². The number of hydrogen-bond donors (Lipinski definition) is 2. The zero-order valence-corrected chi connectivity index (χ0v) is 12.6. The molecule has 1 aliphatic carbocycles. The van der Waals surface area contributed by atoms with E-state index in [0.717, 1.165) is 13.1 Å². The Labute approximate surface area is 125 Å². The first-order chi connectivity index (χ1) is 10.1. The number of carbonyl (C=O) groups is 1. The average Bonchev–Trinajstić information content (AvgIpc) is 2.98. The van der Waals surface area contributed by atoms with Gasteiger partial charge < -0.3 is 16.0 Å². The van der Waals surface area contributed by atoms with E-state index >= 15 is 0 Å². The predicted molar refractivity (Wildman–Crippen MR) is 83.6 cm³/mol. The van der Waals surface area contributed by atoms with Gasteiger partial charge in [0.15, 0.2) is 0 Å². The van der Waals surface area contributed by atoms with Gasteiger partial charge in [0.1, 0.15) is 5.82 Å². The number of benzene rings is 1. The first-order valence-corrected chi connectivity index (χ1v) is 7.69. The molecule has 1 saturated carbocycles. The van der Waals surface area contributed by atoms with E-state index in [9.17, 15) is 9.18 Å². The van der Waals surface area contributed by atoms with Crippen LogP contribution in [0.3, 0.4) is 0 Å². The molecule has 1 aromatic rings. The molecule has 0 spiro atoms. The zero-order chi connectivity index (χ0) is 15.2. The molecule has 0 bridgehead atoms. The van der Waals surface area contributed by atoms with E-state index in [0.29, 0.717) is 18.2 Å². The Morgan fingerprint density at radius 2 is 2.14 bits per heavy atom. The van der Waals surface area contributed by atoms with E-state index < -0.39 is 5.82 Å². The Hall–Kier alpha value is -1.62. The summed E-state index contributed by atoms with van der Waals surface area (Å²) in [5.74, 6) is -0.628. The van der Waals surface area contributed by atoms with Gasteiger partial charge in [-0.3, -0.25) is 4.79 Å². The normalized spacial score (nSPS) is 15.6. The van der Waals surface area contributed by atoms with Crippen LogP contribution in [0, 0.1) is 5.82 Å². The summed E-state index contributed by atoms with van der Waals surface area (Å²) in [5.41, 5.74) is 6.20. The zero-order valence-electron chi connectivity index (χ0n) is 12.6. The number of nitrogens with zero attached hydrogens (tertiary/aromatic N) is 1. The van der Waals surface area contributed by atoms with Gasteiger partial charge >= 0.3 is 0 Å². The van der Waals surface area contributed by atoms with E-state index in [4.69, 9.17) is 5.73 Å². The van der Waals surface area contributed by atoms with Crippen molar-refractivity contribution in [1.29, 1.82) is 0 Å². The fourth-order valence-corrected chi connectivity index (χ4v) is 2.96. The Bertz CT molecular complexity index is 486. The molecule has 0 aliphatic heterocycles. The topological polar surface area (TPSA) is 58.4 Å². The molecule has 0 heterocycles. The minimum Gasteiger partial charge on any atom is -0.399 e. The smallest absolute Gasteiger partial charge is 0.225 e. The second-order valence-corrected chi connectivity index (χ2v) is 5.60. The molecule has 0 unspecified atom stereocenters. The SMILES string of the molecule is CCN(CCC(=O)Nc1cc(N)ccc1F)C1CCCC1. The highest BCUT2D eigenvalue weighted by molar-refractivity contribution is 5.91. The van der Waals surface area contributed by atoms with Gasteiger partial charge in [-0.1, -0.05) is 19.8 Å². The molecule has 0 aromatic heterocycles. The highest BCUT2D eigenvalue weighted by atomic mass is 19.1. The van der Waals surface area contributed by atoms with Crippen molar-refractivity contribution in [3.8, 4) is 0 Å². The molecule has 3 N–H and O–H groups in total. The molecular weight excluding hydrogens is 269 g/mol. The number of hydrogen-bond acceptors (Lipinski definition) is 3. The van der Waals surface area contributed by atoms with Crippen molar-refractivity contribution in [3.05, 3.63) is 24.0 Å². The molecule has 1 aliphatic rings. The minimum absolute atomic E-state index is 0.156. The molecule has 0 atom stereocenters. The Kier molecular flexibility index (Phi) is 5.56. The number of rotatable bonds is 6. The van der Waals surface area contributed by atoms with E-state index in [1.807, 2.05) is 0 Å². The Balaban J connectivity index is 1.85. The molecular formula is C16H24FN3O. The van der Waals surface area contributed by atoms with E-state index in [1.54, 1.807) is 0 Å². The van der Waals surface area contributed by atoms with Crippen LogP contribution < -0.4 is 11.1 Å². The van der Waals surface area contributed by atoms with Crippen molar-refractivity contribution in [3.63, 3.8) is 0 Å². The largest absolute Gasteiger partial charge is 0.399 e. The van der Waals surface area contributed by atoms with Gasteiger partial charge in [-0.2, -0.15) is 0 Å². The van der Waals surface area contributed by atoms with Crippen LogP contribution >= 0.6 is 0 Å². The highest BCUT2D eigenvalue weighted by Gasteiger charge is 2.21. The van der Waals surface area contributed by atoms with Crippen molar-refractivity contribution in [2.24, 2.45) is 0 Å². The molecule has 4 nitrogen and oxygen atoms in total. The molecule has 1 fully saturated rings. The van der Waals surface area contributed by atoms with Gasteiger partial charge in [0.25, 0.3) is 0 Å². The van der Waals surface area contributed by atoms with Crippen molar-refractivity contribution >= 4 is 17.3 Å². The fourth-order valence-electron chi connectivity index (χ4n) is 2.96. The fraction of sp³-hybridized carbons (Fsp3) is 0.562. The number of nitrogens with two attached hydrogens (primary N) is 1. The lowest BCUT2D eigenvalue weighted by molar-refractivity contribution is -0.116. The number of nitrogen functional groups attached to an aromatic ring is 1. The summed E-state index contributed by atoms with van der Waals surface area (Å²) in [6, 6.07) is 4.79. The number of nitrogens with one attached hydrogen (secondary N) is 1. The molecule has 21 heavy (non-hydrogen) atoms. The van der Waals surface area contributed by atoms with Crippen LogP contribution in [0.15, 0.2) is 18.2 Å². The lowest BCUT2D eigenvalue weighted by Crippen LogP contribution is -2.35. The lowest BCUT2D eigenvalue weighted by atomic mass is 10.2. The standard InChI is InChI=1S/C16H24FN3O/c1-2-20(13-5-3-4-6-13)10-9-16(21)19-15-11-12(18)7-8-14(15)17/h7-8,11,13H,2-6,9-10,18H2,1H3,(H,19,21). The summed E-state index contributed by atoms with van der Waals surface area (Å²) in [6.45, 7) is 3.79. The first-order valence-electron chi connectivity index (χ1n) is 7.69. The van der Waals surface area contributed by atoms with Gasteiger partial charge in [-0.15, -0.1) is 0 Å². The maximum Gasteiger partial charge on any atom is 0.225 e. The quantitative estimate of drug-likeness (QED) is 0.793. The second kappa shape index (κ2) is 7.41. The number of halogens is 1. The highest BCUT2D eigenvalue weighted by Crippen LogP contribution is 2.23. The van der Waals surface area contributed by atoms with Gasteiger partial charge in [-0.25, -0.2) is 4.39 Å². The summed E-state index contributed by atoms with van der Waals surface area (Å²) in [6.07, 6.45) is 5.38. The third-order valence-corrected chi connectivity index (χ3v) is 4.14. The number of anilines is 2. The third-order valence-electron chi connectivity index (χ3n) is 4.14. The number of amides is 1. The molecule has 116 valence electrons. The summed E-state index contributed by atoms with van der Waals surface area (Å²) >= 11 is 0. The van der Waals surface area contributed by atoms with Crippen LogP contribution in [0.2, 0.25) is 0 Å². The molecule has 2 rings (SSSR count). The summed E-state index contributed by atoms with van der Waals surface area (Å²) < 4.78 is 13.6. The van der Waals surface area contributed by atoms with E-state index in [-0.39, 0.29) is 11.6 Å². The maximum absolute atomic E-state index is 13.6. The van der Waals surface area contributed by atoms with Gasteiger partial charge in [0.2, 0.25) is 5.91 Å². The average molecular weight is 293 g/mol. The van der Waals surface area contributed by atoms with Crippen molar-refractivity contribution in [1.82, 2.24) is 4.90 Å². The molecule has 1 amide bonds. The van der Waals surface area contributed by atoms with Crippen molar-refractivity contribution in [2.45, 2.75) is 45.1 Å². The van der Waals surface area contributed by atoms with E-state index in [2.05, 4.69) is 17.1 Å². The van der Waals surface area contributed by atoms with Crippen LogP contribution in [-0.2, 0) is 4.79 Å². The van der Waals surface area contributed by atoms with Crippen LogP contribution in [0.4, 0.5) is 15.8 Å². The summed E-state index contributed by atoms with van der Waals surface area (Å²) in [7, 11) is 0. The van der Waals surface area contributed by atoms with Crippen molar-refractivity contribution in [2.75, 3.05) is 24.1 Å². The second-order valence-electron chi connectivity index (χ2n) is 5.60. The monoisotopic (exact) mass is 293 g/mol. The molecule has 5 heteroatoms. The minimum atomic E-state index is -0.458. The maximum atomic E-state index is 13.6. The summed E-state index contributed by atoms with van der Waals surface area (Å²) in [4.78, 5) is 14.3. The third kappa shape index (κ3) is 4.43. The van der Waals surface area contributed by atoms with Crippen LogP contribution in [0.25, 0.3) is 0 Å². The summed E-state index contributed by atoms with van der Waals surface area (Å²) in [5, 5.41) is 2.60. The molecule has 1 aromatic carbocycles. The van der Waals surface area contributed by atoms with Crippen LogP contribution in [0.5, 0.6) is 0 Å². The number of carbonyl (C=O) groups excluding carboxylic acids is 1. The lowest BCUT2D eigenvalue weighted by Gasteiger charge is -2.27. The van der Waals surface area contributed by atoms with Crippen LogP contribution in [-0.4, -0.2) is 29.9 Å². The molecule has 0 saturated heterocycles. The van der Waals surface area contributed by atoms with E-state index in [1.165, 1.54) is 43.9 Å². The predicted octanol–water partition coefficient (Wildman–Crippen LogP) is 3.00. The Morgan fingerprint density at radius 1 is 1.43 bits per heavy atom. The van der Waals surface area contributed by atoms with Gasteiger partial charge in [0.05, 0.1) is 5.69 Å². The van der Waals surface area contributed by atoms with Gasteiger partial charge in [0, 0.05) is 24.7 Å².